The summed E-state index contributed by atoms with van der Waals surface area (Å²) in [5, 5.41) is 6.08. The maximum Gasteiger partial charge on any atom is 0.259 e. The van der Waals surface area contributed by atoms with Crippen molar-refractivity contribution in [3.63, 3.8) is 0 Å². The van der Waals surface area contributed by atoms with E-state index >= 15 is 0 Å². The van der Waals surface area contributed by atoms with Gasteiger partial charge in [-0.2, -0.15) is 10.1 Å². The molecule has 2 aromatic carbocycles. The highest BCUT2D eigenvalue weighted by molar-refractivity contribution is 14.1. The molecule has 0 aliphatic carbocycles. The third-order valence-corrected chi connectivity index (χ3v) is 6.14. The number of halogens is 2. The molecule has 0 aromatic heterocycles. The van der Waals surface area contributed by atoms with Gasteiger partial charge in [-0.15, -0.1) is 0 Å². The normalized spacial score (nSPS) is 14.3. The SMILES string of the molecule is COc1cc(/C=N/N2C(=O)CSC2=S)cc(I)c1OCc1ccccc1Cl. The minimum Gasteiger partial charge on any atom is -0.493 e. The van der Waals surface area contributed by atoms with Crippen molar-refractivity contribution in [2.45, 2.75) is 6.61 Å². The smallest absolute Gasteiger partial charge is 0.259 e. The van der Waals surface area contributed by atoms with E-state index in [2.05, 4.69) is 27.7 Å². The van der Waals surface area contributed by atoms with E-state index in [0.717, 1.165) is 14.7 Å². The Kier molecular flexibility index (Phi) is 6.96. The topological polar surface area (TPSA) is 51.1 Å². The van der Waals surface area contributed by atoms with Crippen LogP contribution in [0.2, 0.25) is 5.02 Å². The van der Waals surface area contributed by atoms with Crippen LogP contribution in [0.3, 0.4) is 0 Å². The maximum absolute atomic E-state index is 11.7. The Balaban J connectivity index is 1.80. The Bertz CT molecular complexity index is 907. The van der Waals surface area contributed by atoms with Gasteiger partial charge in [0.25, 0.3) is 5.91 Å². The van der Waals surface area contributed by atoms with Crippen LogP contribution in [0.1, 0.15) is 11.1 Å². The van der Waals surface area contributed by atoms with Crippen LogP contribution in [0, 0.1) is 3.57 Å². The molecular formula is C18H14ClIN2O3S2. The summed E-state index contributed by atoms with van der Waals surface area (Å²) in [6.45, 7) is 0.327. The predicted octanol–water partition coefficient (Wildman–Crippen LogP) is 4.73. The fourth-order valence-corrected chi connectivity index (χ4v) is 4.24. The van der Waals surface area contributed by atoms with Gasteiger partial charge < -0.3 is 9.47 Å². The molecule has 0 N–H and O–H groups in total. The van der Waals surface area contributed by atoms with Crippen LogP contribution in [0.15, 0.2) is 41.5 Å². The molecule has 1 heterocycles. The molecule has 1 aliphatic heterocycles. The van der Waals surface area contributed by atoms with E-state index < -0.39 is 0 Å². The number of ether oxygens (including phenoxy) is 2. The summed E-state index contributed by atoms with van der Waals surface area (Å²) in [7, 11) is 1.57. The van der Waals surface area contributed by atoms with E-state index in [1.54, 1.807) is 19.4 Å². The summed E-state index contributed by atoms with van der Waals surface area (Å²) in [6, 6.07) is 11.2. The van der Waals surface area contributed by atoms with Crippen molar-refractivity contribution in [3.8, 4) is 11.5 Å². The van der Waals surface area contributed by atoms with E-state index in [1.165, 1.54) is 16.8 Å². The number of thiocarbonyl (C=S) groups is 1. The third kappa shape index (κ3) is 4.92. The maximum atomic E-state index is 11.7. The highest BCUT2D eigenvalue weighted by atomic mass is 127. The predicted molar refractivity (Wildman–Crippen MR) is 121 cm³/mol. The van der Waals surface area contributed by atoms with Gasteiger partial charge in [0.2, 0.25) is 0 Å². The van der Waals surface area contributed by atoms with Crippen molar-refractivity contribution in [1.29, 1.82) is 0 Å². The zero-order chi connectivity index (χ0) is 19.4. The van der Waals surface area contributed by atoms with Gasteiger partial charge in [-0.05, 0) is 46.4 Å². The van der Waals surface area contributed by atoms with E-state index in [-0.39, 0.29) is 5.91 Å². The Labute approximate surface area is 185 Å². The molecule has 9 heteroatoms. The largest absolute Gasteiger partial charge is 0.493 e. The van der Waals surface area contributed by atoms with E-state index in [0.29, 0.717) is 33.2 Å². The summed E-state index contributed by atoms with van der Waals surface area (Å²) in [5.74, 6) is 1.40. The molecule has 1 aliphatic rings. The molecule has 0 bridgehead atoms. The van der Waals surface area contributed by atoms with Crippen LogP contribution in [0.25, 0.3) is 0 Å². The van der Waals surface area contributed by atoms with E-state index in [1.807, 2.05) is 30.3 Å². The monoisotopic (exact) mass is 532 g/mol. The average Bonchev–Trinajstić information content (AvgIpc) is 2.97. The van der Waals surface area contributed by atoms with Crippen molar-refractivity contribution in [1.82, 2.24) is 5.01 Å². The highest BCUT2D eigenvalue weighted by Crippen LogP contribution is 2.34. The Morgan fingerprint density at radius 1 is 1.41 bits per heavy atom. The van der Waals surface area contributed by atoms with Crippen LogP contribution in [-0.4, -0.2) is 34.3 Å². The molecule has 1 saturated heterocycles. The molecular weight excluding hydrogens is 519 g/mol. The zero-order valence-electron chi connectivity index (χ0n) is 14.1. The van der Waals surface area contributed by atoms with Gasteiger partial charge in [-0.25, -0.2) is 0 Å². The second kappa shape index (κ2) is 9.22. The van der Waals surface area contributed by atoms with Crippen LogP contribution < -0.4 is 9.47 Å². The van der Waals surface area contributed by atoms with Crippen molar-refractivity contribution in [2.24, 2.45) is 5.10 Å². The lowest BCUT2D eigenvalue weighted by Gasteiger charge is -2.14. The van der Waals surface area contributed by atoms with Gasteiger partial charge in [0.1, 0.15) is 6.61 Å². The quantitative estimate of drug-likeness (QED) is 0.306. The third-order valence-electron chi connectivity index (χ3n) is 3.63. The molecule has 3 rings (SSSR count). The average molecular weight is 533 g/mol. The molecule has 2 aromatic rings. The molecule has 0 saturated carbocycles. The van der Waals surface area contributed by atoms with Crippen molar-refractivity contribution in [2.75, 3.05) is 12.9 Å². The minimum absolute atomic E-state index is 0.123. The number of hydrogen-bond donors (Lipinski definition) is 0. The number of hydrogen-bond acceptors (Lipinski definition) is 6. The van der Waals surface area contributed by atoms with Crippen LogP contribution in [-0.2, 0) is 11.4 Å². The standard InChI is InChI=1S/C18H14ClIN2O3S2/c1-24-15-7-11(8-21-22-16(23)10-27-18(22)26)6-14(20)17(15)25-9-12-4-2-3-5-13(12)19/h2-8H,9-10H2,1H3/b21-8+. The number of thioether (sulfide) groups is 1. The van der Waals surface area contributed by atoms with Gasteiger partial charge in [0.15, 0.2) is 15.8 Å². The number of amides is 1. The van der Waals surface area contributed by atoms with Crippen molar-refractivity contribution >= 4 is 74.6 Å². The summed E-state index contributed by atoms with van der Waals surface area (Å²) in [5.41, 5.74) is 1.66. The lowest BCUT2D eigenvalue weighted by molar-refractivity contribution is -0.123. The van der Waals surface area contributed by atoms with Crippen LogP contribution in [0.5, 0.6) is 11.5 Å². The van der Waals surface area contributed by atoms with E-state index in [4.69, 9.17) is 33.3 Å². The molecule has 27 heavy (non-hydrogen) atoms. The van der Waals surface area contributed by atoms with Crippen molar-refractivity contribution in [3.05, 3.63) is 56.1 Å². The van der Waals surface area contributed by atoms with Gasteiger partial charge in [0, 0.05) is 10.6 Å². The lowest BCUT2D eigenvalue weighted by Crippen LogP contribution is -2.22. The molecule has 0 unspecified atom stereocenters. The van der Waals surface area contributed by atoms with E-state index in [9.17, 15) is 4.79 Å². The number of benzene rings is 2. The fourth-order valence-electron chi connectivity index (χ4n) is 2.30. The summed E-state index contributed by atoms with van der Waals surface area (Å²) >= 11 is 14.8. The molecule has 0 radical (unpaired) electrons. The van der Waals surface area contributed by atoms with Gasteiger partial charge >= 0.3 is 0 Å². The molecule has 1 amide bonds. The van der Waals surface area contributed by atoms with Crippen LogP contribution in [0.4, 0.5) is 0 Å². The number of rotatable bonds is 6. The molecule has 140 valence electrons. The Morgan fingerprint density at radius 3 is 2.85 bits per heavy atom. The van der Waals surface area contributed by atoms with Gasteiger partial charge in [-0.1, -0.05) is 53.8 Å². The Morgan fingerprint density at radius 2 is 2.19 bits per heavy atom. The molecule has 0 atom stereocenters. The number of carbonyl (C=O) groups excluding carboxylic acids is 1. The Hall–Kier alpha value is -1.36. The number of hydrazone groups is 1. The molecule has 0 spiro atoms. The first-order valence-electron chi connectivity index (χ1n) is 7.77. The second-order valence-corrected chi connectivity index (χ2v) is 8.60. The first kappa shape index (κ1) is 20.4. The summed E-state index contributed by atoms with van der Waals surface area (Å²) in [4.78, 5) is 11.7. The van der Waals surface area contributed by atoms with Gasteiger partial charge in [-0.3, -0.25) is 4.79 Å². The highest BCUT2D eigenvalue weighted by Gasteiger charge is 2.26. The summed E-state index contributed by atoms with van der Waals surface area (Å²) < 4.78 is 12.7. The molecule has 5 nitrogen and oxygen atoms in total. The van der Waals surface area contributed by atoms with Crippen LogP contribution >= 0.6 is 58.2 Å². The van der Waals surface area contributed by atoms with Gasteiger partial charge in [0.05, 0.1) is 22.6 Å². The number of nitrogens with zero attached hydrogens (tertiary/aromatic N) is 2. The number of methoxy groups -OCH3 is 1. The lowest BCUT2D eigenvalue weighted by atomic mass is 10.2. The minimum atomic E-state index is -0.123. The first-order valence-corrected chi connectivity index (χ1v) is 10.6. The molecule has 1 fully saturated rings. The first-order chi connectivity index (χ1) is 13.0. The summed E-state index contributed by atoms with van der Waals surface area (Å²) in [6.07, 6.45) is 1.58. The number of carbonyl (C=O) groups is 1. The second-order valence-electron chi connectivity index (χ2n) is 5.42. The van der Waals surface area contributed by atoms with Crippen molar-refractivity contribution < 1.29 is 14.3 Å². The zero-order valence-corrected chi connectivity index (χ0v) is 18.7. The fraction of sp³-hybridized carbons (Fsp3) is 0.167.